The molecule has 1 aliphatic rings. The Morgan fingerprint density at radius 1 is 1.13 bits per heavy atom. The molecule has 0 atom stereocenters. The lowest BCUT2D eigenvalue weighted by Gasteiger charge is -2.23. The van der Waals surface area contributed by atoms with Crippen LogP contribution < -0.4 is 9.62 Å². The number of rotatable bonds is 6. The first-order valence-electron chi connectivity index (χ1n) is 8.29. The summed E-state index contributed by atoms with van der Waals surface area (Å²) in [7, 11) is -3.40. The molecule has 5 nitrogen and oxygen atoms in total. The van der Waals surface area contributed by atoms with Crippen LogP contribution in [0, 0.1) is 0 Å². The number of benzene rings is 1. The second kappa shape index (κ2) is 8.34. The van der Waals surface area contributed by atoms with Gasteiger partial charge in [-0.05, 0) is 25.0 Å². The quantitative estimate of drug-likeness (QED) is 0.811. The average Bonchev–Trinajstić information content (AvgIpc) is 2.76. The smallest absolute Gasteiger partial charge is 0.232 e. The molecule has 0 saturated heterocycles. The summed E-state index contributed by atoms with van der Waals surface area (Å²) in [5.41, 5.74) is 0.595. The SMILES string of the molecule is CS(=O)(=O)N(CCC(=O)NC1CCCCCC1)c1ccccc1. The normalized spacial score (nSPS) is 16.6. The molecule has 1 aliphatic carbocycles. The topological polar surface area (TPSA) is 66.5 Å². The molecule has 1 fully saturated rings. The summed E-state index contributed by atoms with van der Waals surface area (Å²) in [6, 6.07) is 9.14. The van der Waals surface area contributed by atoms with Crippen LogP contribution in [0.2, 0.25) is 0 Å². The maximum Gasteiger partial charge on any atom is 0.232 e. The van der Waals surface area contributed by atoms with Crippen LogP contribution in [-0.4, -0.2) is 33.2 Å². The van der Waals surface area contributed by atoms with E-state index in [-0.39, 0.29) is 24.9 Å². The number of nitrogens with zero attached hydrogens (tertiary/aromatic N) is 1. The summed E-state index contributed by atoms with van der Waals surface area (Å²) in [6.07, 6.45) is 8.20. The first-order valence-corrected chi connectivity index (χ1v) is 10.1. The fraction of sp³-hybridized carbons (Fsp3) is 0.588. The predicted molar refractivity (Wildman–Crippen MR) is 92.9 cm³/mol. The molecule has 0 spiro atoms. The van der Waals surface area contributed by atoms with Crippen molar-refractivity contribution in [3.05, 3.63) is 30.3 Å². The highest BCUT2D eigenvalue weighted by molar-refractivity contribution is 7.92. The van der Waals surface area contributed by atoms with Crippen molar-refractivity contribution in [2.75, 3.05) is 17.1 Å². The van der Waals surface area contributed by atoms with Crippen LogP contribution in [0.25, 0.3) is 0 Å². The molecule has 128 valence electrons. The number of nitrogens with one attached hydrogen (secondary N) is 1. The average molecular weight is 338 g/mol. The van der Waals surface area contributed by atoms with Crippen molar-refractivity contribution in [2.45, 2.75) is 51.0 Å². The number of carbonyl (C=O) groups is 1. The fourth-order valence-corrected chi connectivity index (χ4v) is 3.93. The third kappa shape index (κ3) is 5.86. The minimum absolute atomic E-state index is 0.0681. The van der Waals surface area contributed by atoms with E-state index < -0.39 is 10.0 Å². The number of anilines is 1. The molecule has 0 radical (unpaired) electrons. The Balaban J connectivity index is 1.92. The van der Waals surface area contributed by atoms with Crippen LogP contribution in [0.5, 0.6) is 0 Å². The Hall–Kier alpha value is -1.56. The summed E-state index contributed by atoms with van der Waals surface area (Å²) >= 11 is 0. The number of hydrogen-bond acceptors (Lipinski definition) is 3. The van der Waals surface area contributed by atoms with Gasteiger partial charge in [0.1, 0.15) is 0 Å². The molecule has 0 bridgehead atoms. The van der Waals surface area contributed by atoms with Crippen molar-refractivity contribution in [1.82, 2.24) is 5.32 Å². The van der Waals surface area contributed by atoms with E-state index in [2.05, 4.69) is 5.32 Å². The Bertz CT molecular complexity index is 594. The highest BCUT2D eigenvalue weighted by Crippen LogP contribution is 2.18. The van der Waals surface area contributed by atoms with Gasteiger partial charge in [0.05, 0.1) is 11.9 Å². The minimum atomic E-state index is -3.40. The van der Waals surface area contributed by atoms with Crippen LogP contribution >= 0.6 is 0 Å². The zero-order valence-corrected chi connectivity index (χ0v) is 14.5. The van der Waals surface area contributed by atoms with Crippen LogP contribution in [0.15, 0.2) is 30.3 Å². The summed E-state index contributed by atoms with van der Waals surface area (Å²) in [5, 5.41) is 3.06. The van der Waals surface area contributed by atoms with E-state index in [4.69, 9.17) is 0 Å². The van der Waals surface area contributed by atoms with E-state index in [0.29, 0.717) is 5.69 Å². The molecule has 1 saturated carbocycles. The lowest BCUT2D eigenvalue weighted by Crippen LogP contribution is -2.38. The van der Waals surface area contributed by atoms with Gasteiger partial charge in [0.15, 0.2) is 0 Å². The molecule has 1 N–H and O–H groups in total. The summed E-state index contributed by atoms with van der Waals surface area (Å²) in [4.78, 5) is 12.2. The minimum Gasteiger partial charge on any atom is -0.353 e. The number of sulfonamides is 1. The van der Waals surface area contributed by atoms with Gasteiger partial charge in [0, 0.05) is 19.0 Å². The van der Waals surface area contributed by atoms with Gasteiger partial charge < -0.3 is 5.32 Å². The van der Waals surface area contributed by atoms with E-state index in [1.54, 1.807) is 24.3 Å². The van der Waals surface area contributed by atoms with Crippen LogP contribution in [0.4, 0.5) is 5.69 Å². The van der Waals surface area contributed by atoms with Gasteiger partial charge in [-0.25, -0.2) is 8.42 Å². The van der Waals surface area contributed by atoms with Crippen molar-refractivity contribution in [1.29, 1.82) is 0 Å². The zero-order valence-electron chi connectivity index (χ0n) is 13.7. The van der Waals surface area contributed by atoms with Crippen molar-refractivity contribution in [2.24, 2.45) is 0 Å². The van der Waals surface area contributed by atoms with E-state index in [9.17, 15) is 13.2 Å². The maximum absolute atomic E-state index is 12.2. The molecule has 0 aromatic heterocycles. The zero-order chi connectivity index (χ0) is 16.7. The Kier molecular flexibility index (Phi) is 6.45. The van der Waals surface area contributed by atoms with Gasteiger partial charge in [-0.1, -0.05) is 43.9 Å². The van der Waals surface area contributed by atoms with Crippen molar-refractivity contribution in [3.8, 4) is 0 Å². The maximum atomic E-state index is 12.2. The second-order valence-corrected chi connectivity index (χ2v) is 8.08. The van der Waals surface area contributed by atoms with Crippen LogP contribution in [-0.2, 0) is 14.8 Å². The van der Waals surface area contributed by atoms with Crippen molar-refractivity contribution < 1.29 is 13.2 Å². The second-order valence-electron chi connectivity index (χ2n) is 6.18. The summed E-state index contributed by atoms with van der Waals surface area (Å²) in [6.45, 7) is 0.168. The van der Waals surface area contributed by atoms with E-state index >= 15 is 0 Å². The first kappa shape index (κ1) is 17.8. The molecule has 0 unspecified atom stereocenters. The highest BCUT2D eigenvalue weighted by atomic mass is 32.2. The van der Waals surface area contributed by atoms with Gasteiger partial charge in [-0.15, -0.1) is 0 Å². The molecular formula is C17H26N2O3S. The summed E-state index contributed by atoms with van der Waals surface area (Å²) in [5.74, 6) is -0.0681. The molecule has 2 rings (SSSR count). The fourth-order valence-electron chi connectivity index (χ4n) is 3.01. The lowest BCUT2D eigenvalue weighted by atomic mass is 10.1. The summed E-state index contributed by atoms with van der Waals surface area (Å²) < 4.78 is 25.2. The first-order chi connectivity index (χ1) is 11.0. The van der Waals surface area contributed by atoms with Gasteiger partial charge >= 0.3 is 0 Å². The van der Waals surface area contributed by atoms with Gasteiger partial charge in [-0.2, -0.15) is 0 Å². The molecule has 1 aromatic rings. The molecule has 6 heteroatoms. The van der Waals surface area contributed by atoms with Gasteiger partial charge in [0.25, 0.3) is 0 Å². The molecule has 1 amide bonds. The largest absolute Gasteiger partial charge is 0.353 e. The number of amides is 1. The third-order valence-corrected chi connectivity index (χ3v) is 5.40. The van der Waals surface area contributed by atoms with E-state index in [1.807, 2.05) is 6.07 Å². The highest BCUT2D eigenvalue weighted by Gasteiger charge is 2.20. The lowest BCUT2D eigenvalue weighted by molar-refractivity contribution is -0.121. The third-order valence-electron chi connectivity index (χ3n) is 4.21. The molecule has 0 aliphatic heterocycles. The molecule has 0 heterocycles. The Morgan fingerprint density at radius 2 is 1.74 bits per heavy atom. The van der Waals surface area contributed by atoms with Gasteiger partial charge in [-0.3, -0.25) is 9.10 Å². The molecule has 23 heavy (non-hydrogen) atoms. The standard InChI is InChI=1S/C17H26N2O3S/c1-23(21,22)19(16-11-7-4-8-12-16)14-13-17(20)18-15-9-5-2-3-6-10-15/h4,7-8,11-12,15H,2-3,5-6,9-10,13-14H2,1H3,(H,18,20). The monoisotopic (exact) mass is 338 g/mol. The van der Waals surface area contributed by atoms with Crippen LogP contribution in [0.3, 0.4) is 0 Å². The van der Waals surface area contributed by atoms with Crippen molar-refractivity contribution in [3.63, 3.8) is 0 Å². The van der Waals surface area contributed by atoms with Gasteiger partial charge in [0.2, 0.25) is 15.9 Å². The van der Waals surface area contributed by atoms with E-state index in [0.717, 1.165) is 25.7 Å². The Labute approximate surface area is 139 Å². The predicted octanol–water partition coefficient (Wildman–Crippen LogP) is 2.68. The molecular weight excluding hydrogens is 312 g/mol. The van der Waals surface area contributed by atoms with Crippen LogP contribution in [0.1, 0.15) is 44.9 Å². The number of hydrogen-bond donors (Lipinski definition) is 1. The molecule has 1 aromatic carbocycles. The Morgan fingerprint density at radius 3 is 2.30 bits per heavy atom. The van der Waals surface area contributed by atoms with E-state index in [1.165, 1.54) is 23.4 Å². The number of para-hydroxylation sites is 1. The number of carbonyl (C=O) groups excluding carboxylic acids is 1. The van der Waals surface area contributed by atoms with Crippen molar-refractivity contribution >= 4 is 21.6 Å².